The summed E-state index contributed by atoms with van der Waals surface area (Å²) in [6.45, 7) is 2.81. The summed E-state index contributed by atoms with van der Waals surface area (Å²) in [5, 5.41) is 47.3. The SMILES string of the molecule is CC(C)P(=O)(O)O[C@@H]1[C@H](O)[C@H](O)[C@@H](O)[C@H](O)[C@H]1O. The molecule has 0 aliphatic heterocycles. The molecule has 0 saturated heterocycles. The number of hydrogen-bond acceptors (Lipinski definition) is 7. The van der Waals surface area contributed by atoms with Crippen molar-refractivity contribution in [2.24, 2.45) is 0 Å². The van der Waals surface area contributed by atoms with Crippen LogP contribution >= 0.6 is 7.60 Å². The molecule has 0 aromatic heterocycles. The number of rotatable bonds is 3. The van der Waals surface area contributed by atoms with Crippen LogP contribution in [0, 0.1) is 0 Å². The van der Waals surface area contributed by atoms with Gasteiger partial charge in [0.05, 0.1) is 5.66 Å². The van der Waals surface area contributed by atoms with Gasteiger partial charge >= 0.3 is 7.60 Å². The molecule has 1 unspecified atom stereocenters. The third kappa shape index (κ3) is 2.92. The zero-order valence-electron chi connectivity index (χ0n) is 9.99. The van der Waals surface area contributed by atoms with Gasteiger partial charge in [0.15, 0.2) is 0 Å². The average molecular weight is 286 g/mol. The van der Waals surface area contributed by atoms with Gasteiger partial charge in [0.2, 0.25) is 0 Å². The van der Waals surface area contributed by atoms with Crippen molar-refractivity contribution in [2.75, 3.05) is 0 Å². The molecule has 0 aromatic rings. The first-order valence-corrected chi connectivity index (χ1v) is 7.15. The maximum absolute atomic E-state index is 11.7. The van der Waals surface area contributed by atoms with Crippen molar-refractivity contribution < 1.29 is 39.5 Å². The van der Waals surface area contributed by atoms with E-state index >= 15 is 0 Å². The van der Waals surface area contributed by atoms with Gasteiger partial charge in [0.1, 0.15) is 36.6 Å². The third-order valence-corrected chi connectivity index (χ3v) is 4.85. The predicted octanol–water partition coefficient (Wildman–Crippen LogP) is -2.22. The molecule has 0 radical (unpaired) electrons. The first-order valence-electron chi connectivity index (χ1n) is 5.50. The lowest BCUT2D eigenvalue weighted by Crippen LogP contribution is -2.64. The highest BCUT2D eigenvalue weighted by Crippen LogP contribution is 2.49. The van der Waals surface area contributed by atoms with Crippen LogP contribution in [-0.2, 0) is 9.09 Å². The second-order valence-electron chi connectivity index (χ2n) is 4.68. The van der Waals surface area contributed by atoms with Crippen LogP contribution in [0.2, 0.25) is 0 Å². The maximum Gasteiger partial charge on any atom is 0.331 e. The average Bonchev–Trinajstić information content (AvgIpc) is 2.29. The Morgan fingerprint density at radius 2 is 1.22 bits per heavy atom. The van der Waals surface area contributed by atoms with Gasteiger partial charge in [-0.05, 0) is 0 Å². The molecular formula is C9H19O8P. The molecule has 0 aromatic carbocycles. The molecule has 1 aliphatic carbocycles. The van der Waals surface area contributed by atoms with Gasteiger partial charge in [-0.3, -0.25) is 9.09 Å². The second-order valence-corrected chi connectivity index (χ2v) is 7.05. The minimum absolute atomic E-state index is 0.780. The summed E-state index contributed by atoms with van der Waals surface area (Å²) < 4.78 is 16.4. The lowest BCUT2D eigenvalue weighted by atomic mass is 9.85. The lowest BCUT2D eigenvalue weighted by Gasteiger charge is -2.42. The molecule has 0 spiro atoms. The van der Waals surface area contributed by atoms with Gasteiger partial charge in [-0.2, -0.15) is 0 Å². The standard InChI is InChI=1S/C9H19O8P/c1-3(2)18(15,16)17-9-7(13)5(11)4(10)6(12)8(9)14/h3-14H,1-2H3,(H,15,16)/t4-,5-,6+,7-,8-,9-/m1/s1. The molecule has 1 aliphatic rings. The summed E-state index contributed by atoms with van der Waals surface area (Å²) >= 11 is 0. The van der Waals surface area contributed by atoms with E-state index in [9.17, 15) is 35.0 Å². The molecule has 7 atom stereocenters. The highest BCUT2D eigenvalue weighted by molar-refractivity contribution is 7.53. The van der Waals surface area contributed by atoms with Gasteiger partial charge < -0.3 is 30.4 Å². The van der Waals surface area contributed by atoms with Crippen LogP contribution in [0.15, 0.2) is 0 Å². The normalized spacial score (nSPS) is 44.9. The van der Waals surface area contributed by atoms with Crippen LogP contribution < -0.4 is 0 Å². The van der Waals surface area contributed by atoms with Gasteiger partial charge in [0.25, 0.3) is 0 Å². The van der Waals surface area contributed by atoms with Crippen molar-refractivity contribution in [1.82, 2.24) is 0 Å². The molecule has 1 fully saturated rings. The predicted molar refractivity (Wildman–Crippen MR) is 59.9 cm³/mol. The quantitative estimate of drug-likeness (QED) is 0.320. The van der Waals surface area contributed by atoms with E-state index in [2.05, 4.69) is 0 Å². The molecule has 1 rings (SSSR count). The summed E-state index contributed by atoms with van der Waals surface area (Å²) in [5.41, 5.74) is -0.780. The molecule has 9 heteroatoms. The Hall–Kier alpha value is -0.0500. The van der Waals surface area contributed by atoms with E-state index in [0.29, 0.717) is 0 Å². The zero-order valence-corrected chi connectivity index (χ0v) is 10.9. The van der Waals surface area contributed by atoms with Crippen LogP contribution in [0.5, 0.6) is 0 Å². The number of aliphatic hydroxyl groups excluding tert-OH is 5. The minimum Gasteiger partial charge on any atom is -0.387 e. The maximum atomic E-state index is 11.7. The fraction of sp³-hybridized carbons (Fsp3) is 1.00. The molecule has 6 N–H and O–H groups in total. The smallest absolute Gasteiger partial charge is 0.331 e. The Bertz CT molecular complexity index is 319. The minimum atomic E-state index is -4.10. The van der Waals surface area contributed by atoms with E-state index in [1.165, 1.54) is 13.8 Å². The Morgan fingerprint density at radius 3 is 1.56 bits per heavy atom. The topological polar surface area (TPSA) is 148 Å². The fourth-order valence-electron chi connectivity index (χ4n) is 1.62. The van der Waals surface area contributed by atoms with Gasteiger partial charge in [-0.15, -0.1) is 0 Å². The van der Waals surface area contributed by atoms with E-state index in [1.54, 1.807) is 0 Å². The van der Waals surface area contributed by atoms with E-state index in [-0.39, 0.29) is 0 Å². The van der Waals surface area contributed by atoms with Crippen molar-refractivity contribution in [3.63, 3.8) is 0 Å². The molecular weight excluding hydrogens is 267 g/mol. The second kappa shape index (κ2) is 5.52. The van der Waals surface area contributed by atoms with Crippen LogP contribution in [0.1, 0.15) is 13.8 Å². The lowest BCUT2D eigenvalue weighted by molar-refractivity contribution is -0.218. The van der Waals surface area contributed by atoms with Gasteiger partial charge in [-0.1, -0.05) is 13.8 Å². The van der Waals surface area contributed by atoms with Crippen LogP contribution in [0.4, 0.5) is 0 Å². The third-order valence-electron chi connectivity index (χ3n) is 3.00. The Morgan fingerprint density at radius 1 is 0.889 bits per heavy atom. The monoisotopic (exact) mass is 286 g/mol. The summed E-state index contributed by atoms with van der Waals surface area (Å²) in [6, 6.07) is 0. The summed E-state index contributed by atoms with van der Waals surface area (Å²) in [6.07, 6.45) is -10.5. The number of hydrogen-bond donors (Lipinski definition) is 6. The van der Waals surface area contributed by atoms with Crippen LogP contribution in [-0.4, -0.2) is 72.7 Å². The summed E-state index contributed by atoms with van der Waals surface area (Å²) in [5.74, 6) is 0. The molecule has 0 amide bonds. The van der Waals surface area contributed by atoms with E-state index in [4.69, 9.17) is 4.52 Å². The Labute approximate surface area is 104 Å². The van der Waals surface area contributed by atoms with Crippen LogP contribution in [0.3, 0.4) is 0 Å². The van der Waals surface area contributed by atoms with Crippen molar-refractivity contribution in [3.8, 4) is 0 Å². The molecule has 0 heterocycles. The summed E-state index contributed by atoms with van der Waals surface area (Å²) in [4.78, 5) is 9.50. The fourth-order valence-corrected chi connectivity index (χ4v) is 2.46. The molecule has 18 heavy (non-hydrogen) atoms. The van der Waals surface area contributed by atoms with Crippen molar-refractivity contribution in [2.45, 2.75) is 56.1 Å². The Balaban J connectivity index is 2.90. The highest BCUT2D eigenvalue weighted by atomic mass is 31.2. The van der Waals surface area contributed by atoms with Crippen LogP contribution in [0.25, 0.3) is 0 Å². The molecule has 108 valence electrons. The first-order chi connectivity index (χ1) is 8.09. The molecule has 0 bridgehead atoms. The largest absolute Gasteiger partial charge is 0.387 e. The zero-order chi connectivity index (χ0) is 14.2. The van der Waals surface area contributed by atoms with Gasteiger partial charge in [0, 0.05) is 0 Å². The molecule has 8 nitrogen and oxygen atoms in total. The highest BCUT2D eigenvalue weighted by Gasteiger charge is 2.51. The number of aliphatic hydroxyl groups is 5. The Kier molecular flexibility index (Phi) is 4.91. The van der Waals surface area contributed by atoms with E-state index in [1.807, 2.05) is 0 Å². The van der Waals surface area contributed by atoms with E-state index in [0.717, 1.165) is 0 Å². The van der Waals surface area contributed by atoms with Crippen molar-refractivity contribution in [3.05, 3.63) is 0 Å². The van der Waals surface area contributed by atoms with Gasteiger partial charge in [-0.25, -0.2) is 0 Å². The molecule has 1 saturated carbocycles. The summed E-state index contributed by atoms with van der Waals surface area (Å²) in [7, 11) is -4.10. The van der Waals surface area contributed by atoms with E-state index < -0.39 is 49.9 Å². The first kappa shape index (κ1) is 16.0. The van der Waals surface area contributed by atoms with Crippen molar-refractivity contribution in [1.29, 1.82) is 0 Å². The van der Waals surface area contributed by atoms with Crippen molar-refractivity contribution >= 4 is 7.60 Å².